The van der Waals surface area contributed by atoms with Crippen molar-refractivity contribution in [1.29, 1.82) is 0 Å². The number of hydrogen-bond acceptors (Lipinski definition) is 5. The van der Waals surface area contributed by atoms with Crippen molar-refractivity contribution in [3.05, 3.63) is 78.0 Å². The lowest BCUT2D eigenvalue weighted by Crippen LogP contribution is -2.47. The van der Waals surface area contributed by atoms with Crippen molar-refractivity contribution in [2.24, 2.45) is 0 Å². The molecule has 2 aromatic carbocycles. The van der Waals surface area contributed by atoms with Crippen molar-refractivity contribution in [2.75, 3.05) is 25.1 Å². The number of benzene rings is 2. The molecule has 0 spiro atoms. The van der Waals surface area contributed by atoms with E-state index >= 15 is 0 Å². The number of anilines is 1. The fourth-order valence-corrected chi connectivity index (χ4v) is 3.67. The first-order valence-corrected chi connectivity index (χ1v) is 10.2. The first-order valence-electron chi connectivity index (χ1n) is 10.2. The number of nitrogens with zero attached hydrogens (tertiary/aromatic N) is 1. The Labute approximate surface area is 182 Å². The minimum absolute atomic E-state index is 0.129. The second-order valence-electron chi connectivity index (χ2n) is 7.36. The molecule has 2 N–H and O–H groups in total. The number of methoxy groups -OCH3 is 1. The molecule has 0 saturated carbocycles. The van der Waals surface area contributed by atoms with Crippen LogP contribution in [0.5, 0.6) is 0 Å². The van der Waals surface area contributed by atoms with Crippen molar-refractivity contribution in [3.8, 4) is 0 Å². The molecule has 162 valence electrons. The summed E-state index contributed by atoms with van der Waals surface area (Å²) < 4.78 is 4.97. The van der Waals surface area contributed by atoms with E-state index in [0.29, 0.717) is 12.1 Å². The third kappa shape index (κ3) is 5.72. The molecule has 31 heavy (non-hydrogen) atoms. The molecule has 1 aliphatic rings. The standard InChI is InChI=1S/C24H27N3O4/c1-17(15-25-23(29)16-26-22(28)14-18-8-4-3-5-9-18)27-20-11-7-6-10-19(20)12-13-21(27)24(30)31-2/h3-11,21H,1,12-16H2,2H3,(H,25,29)(H,26,28). The Bertz CT molecular complexity index is 958. The quantitative estimate of drug-likeness (QED) is 0.637. The molecule has 0 aromatic heterocycles. The maximum Gasteiger partial charge on any atom is 0.328 e. The van der Waals surface area contributed by atoms with Crippen LogP contribution < -0.4 is 15.5 Å². The number of fused-ring (bicyclic) bond motifs is 1. The van der Waals surface area contributed by atoms with Gasteiger partial charge in [-0.15, -0.1) is 0 Å². The maximum atomic E-state index is 12.3. The highest BCUT2D eigenvalue weighted by molar-refractivity contribution is 5.86. The zero-order chi connectivity index (χ0) is 22.2. The molecule has 0 fully saturated rings. The SMILES string of the molecule is C=C(CNC(=O)CNC(=O)Cc1ccccc1)N1c2ccccc2CCC1C(=O)OC. The smallest absolute Gasteiger partial charge is 0.328 e. The second-order valence-corrected chi connectivity index (χ2v) is 7.36. The first kappa shape index (κ1) is 22.1. The summed E-state index contributed by atoms with van der Waals surface area (Å²) in [4.78, 5) is 38.4. The van der Waals surface area contributed by atoms with Crippen molar-refractivity contribution in [3.63, 3.8) is 0 Å². The topological polar surface area (TPSA) is 87.7 Å². The van der Waals surface area contributed by atoms with Crippen LogP contribution in [0.25, 0.3) is 0 Å². The van der Waals surface area contributed by atoms with Crippen LogP contribution in [0.3, 0.4) is 0 Å². The third-order valence-electron chi connectivity index (χ3n) is 5.21. The van der Waals surface area contributed by atoms with Gasteiger partial charge in [0.25, 0.3) is 0 Å². The van der Waals surface area contributed by atoms with Crippen LogP contribution in [0.15, 0.2) is 66.9 Å². The highest BCUT2D eigenvalue weighted by Gasteiger charge is 2.33. The maximum absolute atomic E-state index is 12.3. The third-order valence-corrected chi connectivity index (χ3v) is 5.21. The van der Waals surface area contributed by atoms with E-state index in [1.54, 1.807) is 0 Å². The van der Waals surface area contributed by atoms with Gasteiger partial charge < -0.3 is 20.3 Å². The molecule has 0 aliphatic carbocycles. The van der Waals surface area contributed by atoms with Gasteiger partial charge in [0.2, 0.25) is 11.8 Å². The zero-order valence-electron chi connectivity index (χ0n) is 17.6. The molecule has 0 saturated heterocycles. The van der Waals surface area contributed by atoms with Crippen molar-refractivity contribution in [2.45, 2.75) is 25.3 Å². The average Bonchev–Trinajstić information content (AvgIpc) is 2.80. The van der Waals surface area contributed by atoms with Gasteiger partial charge in [-0.3, -0.25) is 9.59 Å². The summed E-state index contributed by atoms with van der Waals surface area (Å²) in [6, 6.07) is 16.6. The van der Waals surface area contributed by atoms with Gasteiger partial charge >= 0.3 is 5.97 Å². The highest BCUT2D eigenvalue weighted by atomic mass is 16.5. The predicted octanol–water partition coefficient (Wildman–Crippen LogP) is 1.97. The van der Waals surface area contributed by atoms with Crippen LogP contribution in [0, 0.1) is 0 Å². The molecule has 0 radical (unpaired) electrons. The highest BCUT2D eigenvalue weighted by Crippen LogP contribution is 2.33. The summed E-state index contributed by atoms with van der Waals surface area (Å²) in [5, 5.41) is 5.38. The van der Waals surface area contributed by atoms with Crippen molar-refractivity contribution >= 4 is 23.5 Å². The lowest BCUT2D eigenvalue weighted by atomic mass is 9.95. The van der Waals surface area contributed by atoms with Gasteiger partial charge in [-0.05, 0) is 30.0 Å². The fourth-order valence-electron chi connectivity index (χ4n) is 3.67. The van der Waals surface area contributed by atoms with E-state index in [-0.39, 0.29) is 37.3 Å². The molecule has 1 heterocycles. The largest absolute Gasteiger partial charge is 0.467 e. The number of hydrogen-bond donors (Lipinski definition) is 2. The van der Waals surface area contributed by atoms with Gasteiger partial charge in [0.05, 0.1) is 26.6 Å². The number of rotatable bonds is 8. The monoisotopic (exact) mass is 421 g/mol. The zero-order valence-corrected chi connectivity index (χ0v) is 17.6. The Morgan fingerprint density at radius 1 is 1.00 bits per heavy atom. The lowest BCUT2D eigenvalue weighted by Gasteiger charge is -2.38. The number of carbonyl (C=O) groups excluding carboxylic acids is 3. The van der Waals surface area contributed by atoms with Gasteiger partial charge in [0, 0.05) is 11.4 Å². The summed E-state index contributed by atoms with van der Waals surface area (Å²) >= 11 is 0. The molecule has 0 bridgehead atoms. The van der Waals surface area contributed by atoms with Gasteiger partial charge in [-0.1, -0.05) is 55.1 Å². The van der Waals surface area contributed by atoms with E-state index in [1.165, 1.54) is 7.11 Å². The summed E-state index contributed by atoms with van der Waals surface area (Å²) in [7, 11) is 1.36. The number of amides is 2. The molecule has 7 heteroatoms. The Morgan fingerprint density at radius 3 is 2.42 bits per heavy atom. The first-order chi connectivity index (χ1) is 15.0. The van der Waals surface area contributed by atoms with Crippen LogP contribution in [-0.4, -0.2) is 44.0 Å². The molecule has 1 unspecified atom stereocenters. The van der Waals surface area contributed by atoms with Gasteiger partial charge in [0.15, 0.2) is 0 Å². The second kappa shape index (κ2) is 10.4. The number of esters is 1. The molecule has 2 amide bonds. The molecule has 1 atom stereocenters. The number of para-hydroxylation sites is 1. The summed E-state index contributed by atoms with van der Waals surface area (Å²) in [6.45, 7) is 4.10. The lowest BCUT2D eigenvalue weighted by molar-refractivity contribution is -0.142. The Morgan fingerprint density at radius 2 is 1.68 bits per heavy atom. The molecule has 1 aliphatic heterocycles. The van der Waals surface area contributed by atoms with E-state index in [0.717, 1.165) is 23.2 Å². The fraction of sp³-hybridized carbons (Fsp3) is 0.292. The Hall–Kier alpha value is -3.61. The normalized spacial score (nSPS) is 14.9. The molecule has 2 aromatic rings. The van der Waals surface area contributed by atoms with Crippen LogP contribution >= 0.6 is 0 Å². The average molecular weight is 421 g/mol. The van der Waals surface area contributed by atoms with E-state index in [2.05, 4.69) is 17.2 Å². The molecule has 3 rings (SSSR count). The van der Waals surface area contributed by atoms with Crippen molar-refractivity contribution in [1.82, 2.24) is 10.6 Å². The van der Waals surface area contributed by atoms with E-state index in [9.17, 15) is 14.4 Å². The number of nitrogens with one attached hydrogen (secondary N) is 2. The van der Waals surface area contributed by atoms with Crippen LogP contribution in [-0.2, 0) is 32.0 Å². The minimum atomic E-state index is -0.491. The Balaban J connectivity index is 1.55. The number of ether oxygens (including phenoxy) is 1. The molecular formula is C24H27N3O4. The van der Waals surface area contributed by atoms with E-state index < -0.39 is 6.04 Å². The Kier molecular flexibility index (Phi) is 7.43. The number of carbonyl (C=O) groups is 3. The minimum Gasteiger partial charge on any atom is -0.467 e. The summed E-state index contributed by atoms with van der Waals surface area (Å²) in [6.07, 6.45) is 1.58. The number of aryl methyl sites for hydroxylation is 1. The van der Waals surface area contributed by atoms with Crippen molar-refractivity contribution < 1.29 is 19.1 Å². The summed E-state index contributed by atoms with van der Waals surface area (Å²) in [5.74, 6) is -0.895. The van der Waals surface area contributed by atoms with Crippen LogP contribution in [0.2, 0.25) is 0 Å². The van der Waals surface area contributed by atoms with Gasteiger partial charge in [0.1, 0.15) is 6.04 Å². The predicted molar refractivity (Wildman–Crippen MR) is 118 cm³/mol. The van der Waals surface area contributed by atoms with Crippen LogP contribution in [0.1, 0.15) is 17.5 Å². The molecule has 7 nitrogen and oxygen atoms in total. The van der Waals surface area contributed by atoms with Crippen LogP contribution in [0.4, 0.5) is 5.69 Å². The molecular weight excluding hydrogens is 394 g/mol. The van der Waals surface area contributed by atoms with E-state index in [4.69, 9.17) is 4.74 Å². The van der Waals surface area contributed by atoms with E-state index in [1.807, 2.05) is 59.5 Å². The van der Waals surface area contributed by atoms with Gasteiger partial charge in [-0.25, -0.2) is 4.79 Å². The van der Waals surface area contributed by atoms with Gasteiger partial charge in [-0.2, -0.15) is 0 Å². The summed E-state index contributed by atoms with van der Waals surface area (Å²) in [5.41, 5.74) is 3.46.